The van der Waals surface area contributed by atoms with E-state index in [1.807, 2.05) is 30.6 Å². The molecule has 1 aliphatic rings. The Morgan fingerprint density at radius 3 is 2.71 bits per heavy atom. The molecule has 0 saturated carbocycles. The van der Waals surface area contributed by atoms with Gasteiger partial charge in [0.2, 0.25) is 11.8 Å². The molecule has 7 nitrogen and oxygen atoms in total. The number of guanidine groups is 1. The Hall–Kier alpha value is -2.09. The Morgan fingerprint density at radius 1 is 1.21 bits per heavy atom. The molecule has 2 heterocycles. The third-order valence-electron chi connectivity index (χ3n) is 4.85. The lowest BCUT2D eigenvalue weighted by atomic mass is 10.1. The number of nitrogens with zero attached hydrogens (tertiary/aromatic N) is 3. The second-order valence-electron chi connectivity index (χ2n) is 6.69. The van der Waals surface area contributed by atoms with Crippen LogP contribution >= 0.6 is 11.3 Å². The molecule has 2 N–H and O–H groups in total. The molecule has 0 unspecified atom stereocenters. The molecule has 2 rings (SSSR count). The van der Waals surface area contributed by atoms with Gasteiger partial charge in [-0.05, 0) is 44.2 Å². The summed E-state index contributed by atoms with van der Waals surface area (Å²) < 4.78 is 0. The maximum absolute atomic E-state index is 12.5. The van der Waals surface area contributed by atoms with E-state index in [9.17, 15) is 9.59 Å². The zero-order valence-electron chi connectivity index (χ0n) is 17.3. The molecule has 1 aromatic rings. The molecule has 0 spiro atoms. The Kier molecular flexibility index (Phi) is 9.27. The number of nitrogens with one attached hydrogen (secondary N) is 2. The fraction of sp³-hybridized carbons (Fsp3) is 0.650. The average molecular weight is 408 g/mol. The van der Waals surface area contributed by atoms with Crippen LogP contribution in [-0.4, -0.2) is 66.8 Å². The predicted molar refractivity (Wildman–Crippen MR) is 115 cm³/mol. The van der Waals surface area contributed by atoms with Gasteiger partial charge in [-0.2, -0.15) is 0 Å². The van der Waals surface area contributed by atoms with Crippen LogP contribution in [0.2, 0.25) is 0 Å². The van der Waals surface area contributed by atoms with Crippen molar-refractivity contribution < 1.29 is 9.59 Å². The van der Waals surface area contributed by atoms with Gasteiger partial charge in [0.1, 0.15) is 0 Å². The summed E-state index contributed by atoms with van der Waals surface area (Å²) in [5.41, 5.74) is 1.28. The van der Waals surface area contributed by atoms with Crippen LogP contribution in [0.1, 0.15) is 44.1 Å². The van der Waals surface area contributed by atoms with E-state index in [0.29, 0.717) is 38.4 Å². The van der Waals surface area contributed by atoms with E-state index in [2.05, 4.69) is 27.1 Å². The quantitative estimate of drug-likeness (QED) is 0.484. The smallest absolute Gasteiger partial charge is 0.224 e. The third-order valence-corrected chi connectivity index (χ3v) is 5.87. The summed E-state index contributed by atoms with van der Waals surface area (Å²) in [6.45, 7) is 10.6. The summed E-state index contributed by atoms with van der Waals surface area (Å²) in [5.74, 6) is 0.941. The van der Waals surface area contributed by atoms with Crippen molar-refractivity contribution in [2.75, 3.05) is 39.3 Å². The highest BCUT2D eigenvalue weighted by Gasteiger charge is 2.20. The van der Waals surface area contributed by atoms with E-state index in [4.69, 9.17) is 0 Å². The summed E-state index contributed by atoms with van der Waals surface area (Å²) in [6, 6.07) is 2.12. The minimum atomic E-state index is 0.140. The molecular weight excluding hydrogens is 374 g/mol. The summed E-state index contributed by atoms with van der Waals surface area (Å²) in [7, 11) is 0. The molecule has 1 aromatic heterocycles. The first-order valence-electron chi connectivity index (χ1n) is 10.2. The summed E-state index contributed by atoms with van der Waals surface area (Å²) in [5, 5.41) is 8.45. The average Bonchev–Trinajstić information content (AvgIpc) is 3.16. The number of thiophene rings is 1. The lowest BCUT2D eigenvalue weighted by molar-refractivity contribution is -0.132. The molecule has 1 aliphatic heterocycles. The van der Waals surface area contributed by atoms with E-state index in [0.717, 1.165) is 32.6 Å². The van der Waals surface area contributed by atoms with Gasteiger partial charge in [-0.25, -0.2) is 0 Å². The molecule has 0 aromatic carbocycles. The number of amides is 2. The fourth-order valence-electron chi connectivity index (χ4n) is 3.25. The first kappa shape index (κ1) is 22.2. The molecule has 2 amide bonds. The number of carbonyl (C=O) groups is 2. The second kappa shape index (κ2) is 11.7. The van der Waals surface area contributed by atoms with Crippen LogP contribution in [0.5, 0.6) is 0 Å². The van der Waals surface area contributed by atoms with Crippen molar-refractivity contribution in [2.24, 2.45) is 4.99 Å². The van der Waals surface area contributed by atoms with Crippen molar-refractivity contribution in [2.45, 2.75) is 46.6 Å². The molecule has 156 valence electrons. The number of carbonyl (C=O) groups excluding carboxylic acids is 2. The molecule has 0 fully saturated rings. The molecule has 8 heteroatoms. The standard InChI is InChI=1S/C20H33N5O2S/c1-4-21-20(22-11-7-18(26)24(5-2)6-3)23-12-8-19(27)25-13-9-17-16(15-25)10-14-28-17/h10,14H,4-9,11-13,15H2,1-3H3,(H2,21,22,23). The van der Waals surface area contributed by atoms with Gasteiger partial charge < -0.3 is 20.4 Å². The van der Waals surface area contributed by atoms with Gasteiger partial charge in [0, 0.05) is 57.0 Å². The topological polar surface area (TPSA) is 77.0 Å². The highest BCUT2D eigenvalue weighted by atomic mass is 32.1. The van der Waals surface area contributed by atoms with Gasteiger partial charge in [0.15, 0.2) is 5.96 Å². The lowest BCUT2D eigenvalue weighted by Gasteiger charge is -2.26. The molecular formula is C20H33N5O2S. The van der Waals surface area contributed by atoms with Crippen molar-refractivity contribution in [3.8, 4) is 0 Å². The van der Waals surface area contributed by atoms with Crippen molar-refractivity contribution in [3.63, 3.8) is 0 Å². The van der Waals surface area contributed by atoms with Gasteiger partial charge in [-0.3, -0.25) is 14.6 Å². The summed E-state index contributed by atoms with van der Waals surface area (Å²) in [4.78, 5) is 34.2. The number of hydrogen-bond acceptors (Lipinski definition) is 4. The van der Waals surface area contributed by atoms with Crippen LogP contribution in [0, 0.1) is 0 Å². The normalized spacial score (nSPS) is 13.8. The first-order chi connectivity index (χ1) is 13.6. The van der Waals surface area contributed by atoms with E-state index < -0.39 is 0 Å². The third kappa shape index (κ3) is 6.51. The van der Waals surface area contributed by atoms with Gasteiger partial charge in [0.25, 0.3) is 0 Å². The van der Waals surface area contributed by atoms with Crippen LogP contribution in [0.4, 0.5) is 0 Å². The van der Waals surface area contributed by atoms with Gasteiger partial charge in [-0.15, -0.1) is 11.3 Å². The Labute approximate surface area is 172 Å². The van der Waals surface area contributed by atoms with Gasteiger partial charge in [-0.1, -0.05) is 0 Å². The molecule has 0 radical (unpaired) electrons. The van der Waals surface area contributed by atoms with Gasteiger partial charge in [0.05, 0.1) is 6.54 Å². The lowest BCUT2D eigenvalue weighted by Crippen LogP contribution is -2.40. The summed E-state index contributed by atoms with van der Waals surface area (Å²) in [6.07, 6.45) is 1.78. The van der Waals surface area contributed by atoms with Crippen LogP contribution in [-0.2, 0) is 22.6 Å². The Bertz CT molecular complexity index is 669. The highest BCUT2D eigenvalue weighted by molar-refractivity contribution is 7.10. The largest absolute Gasteiger partial charge is 0.357 e. The maximum atomic E-state index is 12.5. The van der Waals surface area contributed by atoms with Crippen LogP contribution in [0.3, 0.4) is 0 Å². The van der Waals surface area contributed by atoms with E-state index in [1.54, 1.807) is 11.3 Å². The Morgan fingerprint density at radius 2 is 2.00 bits per heavy atom. The maximum Gasteiger partial charge on any atom is 0.224 e. The number of rotatable bonds is 9. The minimum Gasteiger partial charge on any atom is -0.357 e. The highest BCUT2D eigenvalue weighted by Crippen LogP contribution is 2.24. The van der Waals surface area contributed by atoms with Crippen molar-refractivity contribution in [1.82, 2.24) is 20.4 Å². The van der Waals surface area contributed by atoms with Gasteiger partial charge >= 0.3 is 0 Å². The predicted octanol–water partition coefficient (Wildman–Crippen LogP) is 1.84. The molecule has 0 bridgehead atoms. The summed E-state index contributed by atoms with van der Waals surface area (Å²) >= 11 is 1.78. The number of aliphatic imine (C=N–C) groups is 1. The number of fused-ring (bicyclic) bond motifs is 1. The monoisotopic (exact) mass is 407 g/mol. The minimum absolute atomic E-state index is 0.140. The SMILES string of the molecule is CCNC(=NCCC(=O)N1CCc2sccc2C1)NCCC(=O)N(CC)CC. The zero-order valence-corrected chi connectivity index (χ0v) is 18.1. The molecule has 0 saturated heterocycles. The van der Waals surface area contributed by atoms with Crippen LogP contribution in [0.15, 0.2) is 16.4 Å². The fourth-order valence-corrected chi connectivity index (χ4v) is 4.14. The van der Waals surface area contributed by atoms with Crippen molar-refractivity contribution >= 4 is 29.1 Å². The zero-order chi connectivity index (χ0) is 20.4. The van der Waals surface area contributed by atoms with Crippen molar-refractivity contribution in [1.29, 1.82) is 0 Å². The van der Waals surface area contributed by atoms with Crippen molar-refractivity contribution in [3.05, 3.63) is 21.9 Å². The van der Waals surface area contributed by atoms with Crippen LogP contribution in [0.25, 0.3) is 0 Å². The molecule has 0 atom stereocenters. The van der Waals surface area contributed by atoms with E-state index >= 15 is 0 Å². The molecule has 28 heavy (non-hydrogen) atoms. The first-order valence-corrected chi connectivity index (χ1v) is 11.1. The molecule has 0 aliphatic carbocycles. The second-order valence-corrected chi connectivity index (χ2v) is 7.69. The Balaban J connectivity index is 1.75. The van der Waals surface area contributed by atoms with Crippen LogP contribution < -0.4 is 10.6 Å². The number of hydrogen-bond donors (Lipinski definition) is 2. The van der Waals surface area contributed by atoms with E-state index in [-0.39, 0.29) is 11.8 Å². The van der Waals surface area contributed by atoms with E-state index in [1.165, 1.54) is 10.4 Å².